The number of esters is 1. The highest BCUT2D eigenvalue weighted by Gasteiger charge is 2.56. The van der Waals surface area contributed by atoms with E-state index < -0.39 is 29.7 Å². The van der Waals surface area contributed by atoms with Gasteiger partial charge in [0.2, 0.25) is 5.91 Å². The summed E-state index contributed by atoms with van der Waals surface area (Å²) in [5.74, 6) is -2.56. The number of imide groups is 1. The lowest BCUT2D eigenvalue weighted by atomic mass is 9.99. The Balaban J connectivity index is 1.55. The molecular formula is C21H19N3O4. The van der Waals surface area contributed by atoms with Crippen molar-refractivity contribution in [3.63, 3.8) is 0 Å². The smallest absolute Gasteiger partial charge is 0.355 e. The number of amides is 2. The van der Waals surface area contributed by atoms with Gasteiger partial charge in [0.1, 0.15) is 18.6 Å². The molecule has 0 spiro atoms. The average molecular weight is 377 g/mol. The van der Waals surface area contributed by atoms with E-state index in [0.717, 1.165) is 21.6 Å². The number of carbonyl (C=O) groups excluding carboxylic acids is 3. The summed E-state index contributed by atoms with van der Waals surface area (Å²) in [6.07, 6.45) is 0. The van der Waals surface area contributed by atoms with Crippen LogP contribution in [0.5, 0.6) is 0 Å². The summed E-state index contributed by atoms with van der Waals surface area (Å²) in [4.78, 5) is 39.5. The number of aryl methyl sites for hydroxylation is 1. The number of benzene rings is 2. The van der Waals surface area contributed by atoms with Crippen molar-refractivity contribution >= 4 is 29.2 Å². The van der Waals surface area contributed by atoms with Gasteiger partial charge in [0.25, 0.3) is 5.91 Å². The first-order chi connectivity index (χ1) is 13.5. The summed E-state index contributed by atoms with van der Waals surface area (Å²) < 4.78 is 5.30. The van der Waals surface area contributed by atoms with Gasteiger partial charge in [-0.25, -0.2) is 9.69 Å². The van der Waals surface area contributed by atoms with E-state index in [0.29, 0.717) is 5.69 Å². The van der Waals surface area contributed by atoms with Crippen LogP contribution < -0.4 is 10.3 Å². The van der Waals surface area contributed by atoms with Crippen molar-refractivity contribution in [3.8, 4) is 0 Å². The van der Waals surface area contributed by atoms with Crippen LogP contribution in [0.1, 0.15) is 16.7 Å². The van der Waals surface area contributed by atoms with Crippen molar-refractivity contribution in [2.45, 2.75) is 26.5 Å². The molecular weight excluding hydrogens is 358 g/mol. The van der Waals surface area contributed by atoms with Gasteiger partial charge in [0.05, 0.1) is 5.69 Å². The third-order valence-electron chi connectivity index (χ3n) is 5.16. The fourth-order valence-corrected chi connectivity index (χ4v) is 3.47. The Morgan fingerprint density at radius 1 is 1.07 bits per heavy atom. The van der Waals surface area contributed by atoms with Crippen molar-refractivity contribution in [2.75, 3.05) is 4.90 Å². The fraction of sp³-hybridized carbons (Fsp3) is 0.238. The predicted molar refractivity (Wildman–Crippen MR) is 102 cm³/mol. The number of nitrogens with zero attached hydrogens (tertiary/aromatic N) is 2. The zero-order valence-corrected chi connectivity index (χ0v) is 15.5. The van der Waals surface area contributed by atoms with Crippen LogP contribution in [0.2, 0.25) is 0 Å². The van der Waals surface area contributed by atoms with E-state index in [1.54, 1.807) is 12.1 Å². The molecule has 142 valence electrons. The standard InChI is InChI=1S/C21H19N3O4/c1-12-7-6-10-15(13(12)2)24-19(25)16-17(20(24)26)22-23-18(16)21(27)28-11-14-8-4-3-5-9-14/h3-10,16-17,22H,11H2,1-2H3. The number of hydrazone groups is 1. The molecule has 0 aromatic heterocycles. The van der Waals surface area contributed by atoms with Crippen molar-refractivity contribution in [1.82, 2.24) is 5.43 Å². The minimum Gasteiger partial charge on any atom is -0.456 e. The van der Waals surface area contributed by atoms with Crippen LogP contribution in [0.4, 0.5) is 5.69 Å². The largest absolute Gasteiger partial charge is 0.456 e. The number of carbonyl (C=O) groups is 3. The zero-order valence-electron chi connectivity index (χ0n) is 15.5. The number of hydrogen-bond donors (Lipinski definition) is 1. The third kappa shape index (κ3) is 2.85. The SMILES string of the molecule is Cc1cccc(N2C(=O)C3NN=C(C(=O)OCc4ccccc4)C3C2=O)c1C. The van der Waals surface area contributed by atoms with E-state index in [2.05, 4.69) is 10.5 Å². The van der Waals surface area contributed by atoms with Crippen LogP contribution in [0.25, 0.3) is 0 Å². The lowest BCUT2D eigenvalue weighted by Crippen LogP contribution is -2.36. The summed E-state index contributed by atoms with van der Waals surface area (Å²) >= 11 is 0. The second-order valence-electron chi connectivity index (χ2n) is 6.87. The van der Waals surface area contributed by atoms with Crippen LogP contribution in [0.3, 0.4) is 0 Å². The van der Waals surface area contributed by atoms with Crippen molar-refractivity contribution < 1.29 is 19.1 Å². The van der Waals surface area contributed by atoms with Gasteiger partial charge in [0.15, 0.2) is 5.71 Å². The number of hydrogen-bond acceptors (Lipinski definition) is 6. The Labute approximate surface area is 162 Å². The maximum atomic E-state index is 13.0. The minimum absolute atomic E-state index is 0.0629. The monoisotopic (exact) mass is 377 g/mol. The lowest BCUT2D eigenvalue weighted by Gasteiger charge is -2.19. The lowest BCUT2D eigenvalue weighted by molar-refractivity contribution is -0.137. The van der Waals surface area contributed by atoms with E-state index in [9.17, 15) is 14.4 Å². The van der Waals surface area contributed by atoms with Gasteiger partial charge in [-0.3, -0.25) is 15.0 Å². The summed E-state index contributed by atoms with van der Waals surface area (Å²) in [5, 5.41) is 3.93. The molecule has 1 N–H and O–H groups in total. The normalized spacial score (nSPS) is 20.6. The van der Waals surface area contributed by atoms with Gasteiger partial charge in [-0.2, -0.15) is 5.10 Å². The fourth-order valence-electron chi connectivity index (χ4n) is 3.47. The van der Waals surface area contributed by atoms with Gasteiger partial charge in [0, 0.05) is 0 Å². The maximum Gasteiger partial charge on any atom is 0.355 e. The molecule has 1 saturated heterocycles. The predicted octanol–water partition coefficient (Wildman–Crippen LogP) is 1.86. The molecule has 1 fully saturated rings. The van der Waals surface area contributed by atoms with E-state index in [1.165, 1.54) is 0 Å². The van der Waals surface area contributed by atoms with Crippen LogP contribution in [0, 0.1) is 19.8 Å². The van der Waals surface area contributed by atoms with E-state index in [-0.39, 0.29) is 12.3 Å². The highest BCUT2D eigenvalue weighted by Crippen LogP contribution is 2.33. The first kappa shape index (κ1) is 17.9. The Bertz CT molecular complexity index is 1000. The van der Waals surface area contributed by atoms with Gasteiger partial charge < -0.3 is 4.74 Å². The molecule has 2 aromatic rings. The van der Waals surface area contributed by atoms with Gasteiger partial charge >= 0.3 is 5.97 Å². The molecule has 2 amide bonds. The summed E-state index contributed by atoms with van der Waals surface area (Å²) in [5.41, 5.74) is 5.74. The second-order valence-corrected chi connectivity index (χ2v) is 6.87. The summed E-state index contributed by atoms with van der Waals surface area (Å²) in [6, 6.07) is 13.8. The third-order valence-corrected chi connectivity index (χ3v) is 5.16. The zero-order chi connectivity index (χ0) is 19.8. The molecule has 7 heteroatoms. The van der Waals surface area contributed by atoms with Crippen LogP contribution in [-0.4, -0.2) is 29.5 Å². The molecule has 2 heterocycles. The van der Waals surface area contributed by atoms with E-state index in [4.69, 9.17) is 4.74 Å². The van der Waals surface area contributed by atoms with E-state index >= 15 is 0 Å². The number of nitrogens with one attached hydrogen (secondary N) is 1. The highest BCUT2D eigenvalue weighted by atomic mass is 16.5. The van der Waals surface area contributed by atoms with Crippen molar-refractivity contribution in [3.05, 3.63) is 65.2 Å². The molecule has 7 nitrogen and oxygen atoms in total. The minimum atomic E-state index is -0.976. The molecule has 0 bridgehead atoms. The molecule has 0 saturated carbocycles. The molecule has 2 aliphatic rings. The molecule has 0 radical (unpaired) electrons. The van der Waals surface area contributed by atoms with Crippen molar-refractivity contribution in [2.24, 2.45) is 11.0 Å². The highest BCUT2D eigenvalue weighted by molar-refractivity contribution is 6.46. The number of fused-ring (bicyclic) bond motifs is 1. The average Bonchev–Trinajstić information content (AvgIpc) is 3.24. The second kappa shape index (κ2) is 6.92. The Hall–Kier alpha value is -3.48. The molecule has 2 unspecified atom stereocenters. The molecule has 28 heavy (non-hydrogen) atoms. The number of ether oxygens (including phenoxy) is 1. The Morgan fingerprint density at radius 2 is 1.82 bits per heavy atom. The van der Waals surface area contributed by atoms with E-state index in [1.807, 2.05) is 50.2 Å². The first-order valence-corrected chi connectivity index (χ1v) is 8.97. The first-order valence-electron chi connectivity index (χ1n) is 8.97. The van der Waals surface area contributed by atoms with Crippen molar-refractivity contribution in [1.29, 1.82) is 0 Å². The summed E-state index contributed by atoms with van der Waals surface area (Å²) in [6.45, 7) is 3.84. The molecule has 2 aromatic carbocycles. The quantitative estimate of drug-likeness (QED) is 0.649. The molecule has 2 atom stereocenters. The van der Waals surface area contributed by atoms with Crippen LogP contribution in [0.15, 0.2) is 53.6 Å². The summed E-state index contributed by atoms with van der Waals surface area (Å²) in [7, 11) is 0. The van der Waals surface area contributed by atoms with Gasteiger partial charge in [-0.1, -0.05) is 42.5 Å². The Morgan fingerprint density at radius 3 is 2.57 bits per heavy atom. The topological polar surface area (TPSA) is 88.1 Å². The number of anilines is 1. The molecule has 0 aliphatic carbocycles. The van der Waals surface area contributed by atoms with Gasteiger partial charge in [-0.15, -0.1) is 0 Å². The van der Waals surface area contributed by atoms with Crippen LogP contribution >= 0.6 is 0 Å². The Kier molecular flexibility index (Phi) is 4.43. The molecule has 2 aliphatic heterocycles. The molecule has 4 rings (SSSR count). The van der Waals surface area contributed by atoms with Gasteiger partial charge in [-0.05, 0) is 36.6 Å². The van der Waals surface area contributed by atoms with Crippen LogP contribution in [-0.2, 0) is 25.7 Å². The maximum absolute atomic E-state index is 13.0. The number of rotatable bonds is 4.